The standard InChI is InChI=1S/C10H12N2/c1-8(11)10-5-3-9(4-6-10)7-12-2/h3-7,11H,1-2H3. The van der Waals surface area contributed by atoms with Gasteiger partial charge in [-0.15, -0.1) is 0 Å². The number of aliphatic imine (C=N–C) groups is 1. The predicted octanol–water partition coefficient (Wildman–Crippen LogP) is 2.12. The van der Waals surface area contributed by atoms with Crippen molar-refractivity contribution in [2.45, 2.75) is 6.92 Å². The van der Waals surface area contributed by atoms with E-state index < -0.39 is 0 Å². The van der Waals surface area contributed by atoms with Crippen molar-refractivity contribution in [2.75, 3.05) is 7.05 Å². The molecule has 0 atom stereocenters. The summed E-state index contributed by atoms with van der Waals surface area (Å²) in [5.74, 6) is 0. The maximum Gasteiger partial charge on any atom is 0.0355 e. The fourth-order valence-corrected chi connectivity index (χ4v) is 0.968. The molecular formula is C10H12N2. The van der Waals surface area contributed by atoms with Gasteiger partial charge in [0.25, 0.3) is 0 Å². The average molecular weight is 160 g/mol. The van der Waals surface area contributed by atoms with Gasteiger partial charge in [0.05, 0.1) is 0 Å². The van der Waals surface area contributed by atoms with Crippen LogP contribution in [-0.4, -0.2) is 19.0 Å². The minimum Gasteiger partial charge on any atom is -0.305 e. The first-order valence-electron chi connectivity index (χ1n) is 3.82. The number of nitrogens with one attached hydrogen (secondary N) is 1. The highest BCUT2D eigenvalue weighted by Crippen LogP contribution is 2.02. The first-order chi connectivity index (χ1) is 5.74. The summed E-state index contributed by atoms with van der Waals surface area (Å²) < 4.78 is 0. The molecule has 2 nitrogen and oxygen atoms in total. The molecule has 0 bridgehead atoms. The predicted molar refractivity (Wildman–Crippen MR) is 52.5 cm³/mol. The molecule has 0 spiro atoms. The zero-order valence-corrected chi connectivity index (χ0v) is 7.33. The van der Waals surface area contributed by atoms with Gasteiger partial charge in [0.1, 0.15) is 0 Å². The summed E-state index contributed by atoms with van der Waals surface area (Å²) in [6.07, 6.45) is 1.79. The van der Waals surface area contributed by atoms with E-state index in [9.17, 15) is 0 Å². The van der Waals surface area contributed by atoms with Crippen molar-refractivity contribution in [1.82, 2.24) is 0 Å². The van der Waals surface area contributed by atoms with Crippen molar-refractivity contribution in [1.29, 1.82) is 5.41 Å². The SMILES string of the molecule is CN=Cc1ccc(C(C)=N)cc1. The van der Waals surface area contributed by atoms with Crippen molar-refractivity contribution in [3.05, 3.63) is 35.4 Å². The molecule has 1 aromatic carbocycles. The molecule has 0 aromatic heterocycles. The highest BCUT2D eigenvalue weighted by Gasteiger charge is 1.93. The summed E-state index contributed by atoms with van der Waals surface area (Å²) in [4.78, 5) is 3.90. The molecule has 0 radical (unpaired) electrons. The Balaban J connectivity index is 2.93. The minimum absolute atomic E-state index is 0.593. The Kier molecular flexibility index (Phi) is 2.75. The topological polar surface area (TPSA) is 36.2 Å². The van der Waals surface area contributed by atoms with Crippen molar-refractivity contribution in [3.8, 4) is 0 Å². The normalized spacial score (nSPS) is 10.5. The number of nitrogens with zero attached hydrogens (tertiary/aromatic N) is 1. The lowest BCUT2D eigenvalue weighted by Crippen LogP contribution is -1.91. The molecule has 0 aliphatic heterocycles. The molecule has 62 valence electrons. The molecular weight excluding hydrogens is 148 g/mol. The van der Waals surface area contributed by atoms with Crippen LogP contribution in [0, 0.1) is 5.41 Å². The molecule has 2 heteroatoms. The summed E-state index contributed by atoms with van der Waals surface area (Å²) in [6, 6.07) is 7.78. The van der Waals surface area contributed by atoms with E-state index in [0.29, 0.717) is 5.71 Å². The van der Waals surface area contributed by atoms with Crippen LogP contribution in [0.4, 0.5) is 0 Å². The first-order valence-corrected chi connectivity index (χ1v) is 3.82. The van der Waals surface area contributed by atoms with Crippen LogP contribution < -0.4 is 0 Å². The maximum absolute atomic E-state index is 7.37. The van der Waals surface area contributed by atoms with Gasteiger partial charge in [0.15, 0.2) is 0 Å². The van der Waals surface area contributed by atoms with E-state index in [1.807, 2.05) is 24.3 Å². The van der Waals surface area contributed by atoms with Crippen LogP contribution >= 0.6 is 0 Å². The number of hydrogen-bond donors (Lipinski definition) is 1. The third-order valence-electron chi connectivity index (χ3n) is 1.62. The first kappa shape index (κ1) is 8.65. The van der Waals surface area contributed by atoms with E-state index in [-0.39, 0.29) is 0 Å². The fourth-order valence-electron chi connectivity index (χ4n) is 0.968. The van der Waals surface area contributed by atoms with Crippen LogP contribution in [0.5, 0.6) is 0 Å². The lowest BCUT2D eigenvalue weighted by atomic mass is 10.1. The van der Waals surface area contributed by atoms with Gasteiger partial charge in [-0.25, -0.2) is 0 Å². The van der Waals surface area contributed by atoms with Crippen LogP contribution in [0.3, 0.4) is 0 Å². The molecule has 1 N–H and O–H groups in total. The van der Waals surface area contributed by atoms with E-state index in [4.69, 9.17) is 5.41 Å². The van der Waals surface area contributed by atoms with Gasteiger partial charge in [-0.05, 0) is 18.1 Å². The van der Waals surface area contributed by atoms with Crippen LogP contribution in [-0.2, 0) is 0 Å². The average Bonchev–Trinajstić information content (AvgIpc) is 2.06. The van der Waals surface area contributed by atoms with Crippen LogP contribution in [0.25, 0.3) is 0 Å². The second-order valence-electron chi connectivity index (χ2n) is 2.63. The Morgan fingerprint density at radius 2 is 1.92 bits per heavy atom. The van der Waals surface area contributed by atoms with Crippen molar-refractivity contribution < 1.29 is 0 Å². The highest BCUT2D eigenvalue weighted by atomic mass is 14.6. The van der Waals surface area contributed by atoms with Gasteiger partial charge < -0.3 is 5.41 Å². The van der Waals surface area contributed by atoms with E-state index in [1.165, 1.54) is 0 Å². The van der Waals surface area contributed by atoms with Gasteiger partial charge in [-0.1, -0.05) is 24.3 Å². The molecule has 0 aliphatic carbocycles. The molecule has 12 heavy (non-hydrogen) atoms. The maximum atomic E-state index is 7.37. The van der Waals surface area contributed by atoms with Crippen molar-refractivity contribution >= 4 is 11.9 Å². The summed E-state index contributed by atoms with van der Waals surface area (Å²) in [7, 11) is 1.75. The number of rotatable bonds is 2. The Hall–Kier alpha value is -1.44. The van der Waals surface area contributed by atoms with Crippen LogP contribution in [0.1, 0.15) is 18.1 Å². The Morgan fingerprint density at radius 3 is 2.33 bits per heavy atom. The van der Waals surface area contributed by atoms with Gasteiger partial charge in [0, 0.05) is 19.0 Å². The lowest BCUT2D eigenvalue weighted by molar-refractivity contribution is 1.44. The summed E-state index contributed by atoms with van der Waals surface area (Å²) >= 11 is 0. The minimum atomic E-state index is 0.593. The summed E-state index contributed by atoms with van der Waals surface area (Å²) in [5, 5.41) is 7.37. The molecule has 0 heterocycles. The van der Waals surface area contributed by atoms with Gasteiger partial charge in [0.2, 0.25) is 0 Å². The molecule has 0 saturated carbocycles. The lowest BCUT2D eigenvalue weighted by Gasteiger charge is -1.97. The van der Waals surface area contributed by atoms with E-state index >= 15 is 0 Å². The Bertz CT molecular complexity index is 296. The van der Waals surface area contributed by atoms with Crippen LogP contribution in [0.2, 0.25) is 0 Å². The van der Waals surface area contributed by atoms with E-state index in [1.54, 1.807) is 20.2 Å². The monoisotopic (exact) mass is 160 g/mol. The molecule has 0 amide bonds. The molecule has 1 rings (SSSR count). The molecule has 0 aliphatic rings. The summed E-state index contributed by atoms with van der Waals surface area (Å²) in [5.41, 5.74) is 2.63. The highest BCUT2D eigenvalue weighted by molar-refractivity contribution is 5.96. The third-order valence-corrected chi connectivity index (χ3v) is 1.62. The number of hydrogen-bond acceptors (Lipinski definition) is 2. The zero-order chi connectivity index (χ0) is 8.97. The van der Waals surface area contributed by atoms with Crippen LogP contribution in [0.15, 0.2) is 29.3 Å². The molecule has 0 fully saturated rings. The Morgan fingerprint density at radius 1 is 1.33 bits per heavy atom. The second kappa shape index (κ2) is 3.81. The quantitative estimate of drug-likeness (QED) is 0.643. The molecule has 0 unspecified atom stereocenters. The smallest absolute Gasteiger partial charge is 0.0355 e. The van der Waals surface area contributed by atoms with Gasteiger partial charge in [-0.2, -0.15) is 0 Å². The second-order valence-corrected chi connectivity index (χ2v) is 2.63. The number of benzene rings is 1. The van der Waals surface area contributed by atoms with E-state index in [2.05, 4.69) is 4.99 Å². The molecule has 1 aromatic rings. The van der Waals surface area contributed by atoms with Gasteiger partial charge in [-0.3, -0.25) is 4.99 Å². The molecule has 0 saturated heterocycles. The Labute approximate surface area is 72.5 Å². The third kappa shape index (κ3) is 2.02. The fraction of sp³-hybridized carbons (Fsp3) is 0.200. The zero-order valence-electron chi connectivity index (χ0n) is 7.33. The van der Waals surface area contributed by atoms with E-state index in [0.717, 1.165) is 11.1 Å². The summed E-state index contributed by atoms with van der Waals surface area (Å²) in [6.45, 7) is 1.78. The van der Waals surface area contributed by atoms with Crippen molar-refractivity contribution in [3.63, 3.8) is 0 Å². The van der Waals surface area contributed by atoms with Crippen molar-refractivity contribution in [2.24, 2.45) is 4.99 Å². The largest absolute Gasteiger partial charge is 0.305 e. The van der Waals surface area contributed by atoms with Gasteiger partial charge >= 0.3 is 0 Å².